The van der Waals surface area contributed by atoms with E-state index in [0.717, 1.165) is 21.7 Å². The normalized spacial score (nSPS) is 13.5. The van der Waals surface area contributed by atoms with Crippen LogP contribution in [0.25, 0.3) is 0 Å². The lowest BCUT2D eigenvalue weighted by molar-refractivity contribution is -0.122. The first-order valence-corrected chi connectivity index (χ1v) is 10.5. The zero-order valence-corrected chi connectivity index (χ0v) is 17.1. The molecule has 0 aliphatic rings. The number of rotatable bonds is 7. The molecule has 0 aliphatic carbocycles. The molecule has 1 N–H and O–H groups in total. The zero-order chi connectivity index (χ0) is 20.2. The Morgan fingerprint density at radius 3 is 2.30 bits per heavy atom. The number of carbonyl (C=O) groups excluding carboxylic acids is 1. The van der Waals surface area contributed by atoms with Crippen LogP contribution in [0.2, 0.25) is 0 Å². The fourth-order valence-corrected chi connectivity index (χ4v) is 4.08. The maximum absolute atomic E-state index is 12.8. The van der Waals surface area contributed by atoms with Crippen molar-refractivity contribution in [2.75, 3.05) is 17.7 Å². The first kappa shape index (κ1) is 20.8. The van der Waals surface area contributed by atoms with Crippen LogP contribution < -0.4 is 14.4 Å². The molecule has 0 saturated carbocycles. The number of amides is 1. The summed E-state index contributed by atoms with van der Waals surface area (Å²) in [5.41, 5.74) is 2.15. The summed E-state index contributed by atoms with van der Waals surface area (Å²) in [5.74, 6) is 0.00196. The van der Waals surface area contributed by atoms with Crippen molar-refractivity contribution < 1.29 is 17.9 Å². The minimum absolute atomic E-state index is 0.248. The molecule has 0 bridgehead atoms. The van der Waals surface area contributed by atoms with Gasteiger partial charge in [-0.25, -0.2) is 8.42 Å². The molecule has 0 fully saturated rings. The molecule has 146 valence electrons. The number of hydrogen-bond donors (Lipinski definition) is 1. The Labute approximate surface area is 161 Å². The summed E-state index contributed by atoms with van der Waals surface area (Å²) in [4.78, 5) is 12.8. The van der Waals surface area contributed by atoms with Gasteiger partial charge in [0.1, 0.15) is 11.8 Å². The Morgan fingerprint density at radius 1 is 1.11 bits per heavy atom. The van der Waals surface area contributed by atoms with E-state index < -0.39 is 16.1 Å². The van der Waals surface area contributed by atoms with Crippen molar-refractivity contribution in [2.45, 2.75) is 32.9 Å². The van der Waals surface area contributed by atoms with Gasteiger partial charge >= 0.3 is 0 Å². The van der Waals surface area contributed by atoms with Crippen LogP contribution in [0.1, 0.15) is 31.0 Å². The molecule has 2 aromatic carbocycles. The first-order chi connectivity index (χ1) is 12.6. The SMILES string of the molecule is COc1ccc(C)cc1N([C@@H](C)C(=O)N[C@@H](C)c1ccccc1)S(C)(=O)=O. The third kappa shape index (κ3) is 5.01. The molecular formula is C20H26N2O4S. The van der Waals surface area contributed by atoms with Gasteiger partial charge in [0.25, 0.3) is 0 Å². The van der Waals surface area contributed by atoms with Crippen LogP contribution >= 0.6 is 0 Å². The first-order valence-electron chi connectivity index (χ1n) is 8.64. The number of methoxy groups -OCH3 is 1. The summed E-state index contributed by atoms with van der Waals surface area (Å²) in [5, 5.41) is 2.88. The van der Waals surface area contributed by atoms with Gasteiger partial charge in [-0.05, 0) is 44.0 Å². The molecule has 2 rings (SSSR count). The van der Waals surface area contributed by atoms with E-state index in [1.54, 1.807) is 19.1 Å². The largest absolute Gasteiger partial charge is 0.495 e. The van der Waals surface area contributed by atoms with Crippen LogP contribution in [-0.2, 0) is 14.8 Å². The highest BCUT2D eigenvalue weighted by Crippen LogP contribution is 2.32. The van der Waals surface area contributed by atoms with Gasteiger partial charge in [0, 0.05) is 0 Å². The molecule has 27 heavy (non-hydrogen) atoms. The maximum Gasteiger partial charge on any atom is 0.244 e. The van der Waals surface area contributed by atoms with E-state index in [1.807, 2.05) is 50.2 Å². The molecule has 1 amide bonds. The topological polar surface area (TPSA) is 75.7 Å². The number of hydrogen-bond acceptors (Lipinski definition) is 4. The fraction of sp³-hybridized carbons (Fsp3) is 0.350. The van der Waals surface area contributed by atoms with E-state index in [-0.39, 0.29) is 11.9 Å². The molecule has 2 atom stereocenters. The molecule has 6 nitrogen and oxygen atoms in total. The van der Waals surface area contributed by atoms with E-state index in [4.69, 9.17) is 4.74 Å². The highest BCUT2D eigenvalue weighted by molar-refractivity contribution is 7.92. The summed E-state index contributed by atoms with van der Waals surface area (Å²) in [6, 6.07) is 13.5. The molecule has 0 spiro atoms. The van der Waals surface area contributed by atoms with Gasteiger partial charge in [-0.1, -0.05) is 36.4 Å². The molecule has 0 aromatic heterocycles. The Morgan fingerprint density at radius 2 is 1.74 bits per heavy atom. The average Bonchev–Trinajstić information content (AvgIpc) is 2.61. The molecular weight excluding hydrogens is 364 g/mol. The standard InChI is InChI=1S/C20H26N2O4S/c1-14-11-12-19(26-4)18(13-14)22(27(5,24)25)16(3)20(23)21-15(2)17-9-7-6-8-10-17/h6-13,15-16H,1-5H3,(H,21,23)/t15-,16-/m0/s1. The molecule has 2 aromatic rings. The second-order valence-corrected chi connectivity index (χ2v) is 8.41. The lowest BCUT2D eigenvalue weighted by Crippen LogP contribution is -2.48. The number of sulfonamides is 1. The minimum Gasteiger partial charge on any atom is -0.495 e. The monoisotopic (exact) mass is 390 g/mol. The predicted octanol–water partition coefficient (Wildman–Crippen LogP) is 3.04. The van der Waals surface area contributed by atoms with E-state index in [0.29, 0.717) is 11.4 Å². The predicted molar refractivity (Wildman–Crippen MR) is 108 cm³/mol. The van der Waals surface area contributed by atoms with E-state index in [1.165, 1.54) is 7.11 Å². The quantitative estimate of drug-likeness (QED) is 0.788. The summed E-state index contributed by atoms with van der Waals surface area (Å²) in [6.45, 7) is 5.28. The number of ether oxygens (including phenoxy) is 1. The maximum atomic E-state index is 12.8. The van der Waals surface area contributed by atoms with Crippen molar-refractivity contribution in [1.82, 2.24) is 5.32 Å². The second-order valence-electron chi connectivity index (χ2n) is 6.55. The number of nitrogens with one attached hydrogen (secondary N) is 1. The molecule has 0 heterocycles. The summed E-state index contributed by atoms with van der Waals surface area (Å²) in [6.07, 6.45) is 1.08. The van der Waals surface area contributed by atoms with Crippen molar-refractivity contribution in [3.63, 3.8) is 0 Å². The Hall–Kier alpha value is -2.54. The van der Waals surface area contributed by atoms with Gasteiger partial charge in [0.15, 0.2) is 0 Å². The van der Waals surface area contributed by atoms with Crippen LogP contribution in [0.15, 0.2) is 48.5 Å². The third-order valence-electron chi connectivity index (χ3n) is 4.32. The third-order valence-corrected chi connectivity index (χ3v) is 5.55. The van der Waals surface area contributed by atoms with Crippen LogP contribution in [0.5, 0.6) is 5.75 Å². The Kier molecular flexibility index (Phi) is 6.49. The lowest BCUT2D eigenvalue weighted by Gasteiger charge is -2.30. The summed E-state index contributed by atoms with van der Waals surface area (Å²) < 4.78 is 31.4. The summed E-state index contributed by atoms with van der Waals surface area (Å²) >= 11 is 0. The van der Waals surface area contributed by atoms with Crippen LogP contribution in [0.4, 0.5) is 5.69 Å². The van der Waals surface area contributed by atoms with Gasteiger partial charge in [0.2, 0.25) is 15.9 Å². The second kappa shape index (κ2) is 8.43. The minimum atomic E-state index is -3.72. The van der Waals surface area contributed by atoms with Crippen molar-refractivity contribution >= 4 is 21.6 Å². The number of anilines is 1. The van der Waals surface area contributed by atoms with Gasteiger partial charge in [0.05, 0.1) is 25.1 Å². The number of benzene rings is 2. The fourth-order valence-electron chi connectivity index (χ4n) is 2.91. The van der Waals surface area contributed by atoms with Gasteiger partial charge in [-0.15, -0.1) is 0 Å². The van der Waals surface area contributed by atoms with E-state index in [9.17, 15) is 13.2 Å². The van der Waals surface area contributed by atoms with E-state index in [2.05, 4.69) is 5.32 Å². The van der Waals surface area contributed by atoms with Gasteiger partial charge in [-0.3, -0.25) is 9.10 Å². The highest BCUT2D eigenvalue weighted by atomic mass is 32.2. The number of nitrogens with zero attached hydrogens (tertiary/aromatic N) is 1. The van der Waals surface area contributed by atoms with Crippen molar-refractivity contribution in [2.24, 2.45) is 0 Å². The molecule has 0 unspecified atom stereocenters. The number of carbonyl (C=O) groups is 1. The lowest BCUT2D eigenvalue weighted by atomic mass is 10.1. The molecule has 7 heteroatoms. The highest BCUT2D eigenvalue weighted by Gasteiger charge is 2.32. The van der Waals surface area contributed by atoms with Crippen LogP contribution in [0.3, 0.4) is 0 Å². The molecule has 0 saturated heterocycles. The molecule has 0 aliphatic heterocycles. The van der Waals surface area contributed by atoms with Gasteiger partial charge < -0.3 is 10.1 Å². The average molecular weight is 391 g/mol. The smallest absolute Gasteiger partial charge is 0.244 e. The Bertz CT molecular complexity index is 897. The summed E-state index contributed by atoms with van der Waals surface area (Å²) in [7, 11) is -2.25. The van der Waals surface area contributed by atoms with Crippen LogP contribution in [0, 0.1) is 6.92 Å². The van der Waals surface area contributed by atoms with Crippen molar-refractivity contribution in [3.8, 4) is 5.75 Å². The molecule has 0 radical (unpaired) electrons. The van der Waals surface area contributed by atoms with E-state index >= 15 is 0 Å². The van der Waals surface area contributed by atoms with Crippen LogP contribution in [-0.4, -0.2) is 33.7 Å². The Balaban J connectivity index is 2.35. The van der Waals surface area contributed by atoms with Crippen molar-refractivity contribution in [1.29, 1.82) is 0 Å². The van der Waals surface area contributed by atoms with Crippen molar-refractivity contribution in [3.05, 3.63) is 59.7 Å². The number of aryl methyl sites for hydroxylation is 1. The van der Waals surface area contributed by atoms with Gasteiger partial charge in [-0.2, -0.15) is 0 Å². The zero-order valence-electron chi connectivity index (χ0n) is 16.3.